The Hall–Kier alpha value is 0.340. The molecule has 0 saturated heterocycles. The van der Waals surface area contributed by atoms with Crippen LogP contribution in [0.3, 0.4) is 0 Å². The van der Waals surface area contributed by atoms with Crippen molar-refractivity contribution in [2.45, 2.75) is 0 Å². The quantitative estimate of drug-likeness (QED) is 0.859. The van der Waals surface area contributed by atoms with E-state index in [2.05, 4.69) is 41.6 Å². The molecule has 8 heteroatoms. The highest BCUT2D eigenvalue weighted by Gasteiger charge is 2.09. The van der Waals surface area contributed by atoms with Crippen LogP contribution in [0.1, 0.15) is 0 Å². The summed E-state index contributed by atoms with van der Waals surface area (Å²) < 4.78 is 24.9. The van der Waals surface area contributed by atoms with Gasteiger partial charge in [0.1, 0.15) is 4.66 Å². The summed E-state index contributed by atoms with van der Waals surface area (Å²) in [5, 5.41) is 0.362. The molecule has 68 valence electrons. The van der Waals surface area contributed by atoms with Crippen LogP contribution in [0.5, 0.6) is 0 Å². The maximum Gasteiger partial charge on any atom is 0.244 e. The second-order valence-electron chi connectivity index (χ2n) is 1.80. The number of thiazole rings is 1. The number of rotatable bonds is 3. The number of sulfonamides is 1. The van der Waals surface area contributed by atoms with Crippen molar-refractivity contribution in [2.24, 2.45) is 0 Å². The van der Waals surface area contributed by atoms with Crippen molar-refractivity contribution >= 4 is 58.4 Å². The molecule has 0 aromatic carbocycles. The summed E-state index contributed by atoms with van der Waals surface area (Å²) in [5.74, 6) is 0. The molecule has 0 unspecified atom stereocenters. The van der Waals surface area contributed by atoms with E-state index >= 15 is 0 Å². The fourth-order valence-electron chi connectivity index (χ4n) is 0.462. The first-order chi connectivity index (χ1) is 5.53. The van der Waals surface area contributed by atoms with E-state index in [9.17, 15) is 8.42 Å². The molecule has 0 spiro atoms. The number of aromatic nitrogens is 1. The molecule has 1 aromatic heterocycles. The highest BCUT2D eigenvalue weighted by molar-refractivity contribution is 9.11. The lowest BCUT2D eigenvalue weighted by atomic mass is 11.0. The molecule has 0 atom stereocenters. The first-order valence-corrected chi connectivity index (χ1v) is 7.09. The van der Waals surface area contributed by atoms with Crippen molar-refractivity contribution in [1.82, 2.24) is 4.98 Å². The van der Waals surface area contributed by atoms with E-state index < -0.39 is 10.0 Å². The smallest absolute Gasteiger partial charge is 0.244 e. The summed E-state index contributed by atoms with van der Waals surface area (Å²) in [6, 6.07) is 0. The maximum atomic E-state index is 11.0. The van der Waals surface area contributed by atoms with E-state index in [0.717, 1.165) is 3.79 Å². The minimum absolute atomic E-state index is 0.128. The molecular formula is C4H4Br2N2O2S2. The van der Waals surface area contributed by atoms with Crippen molar-refractivity contribution in [3.8, 4) is 0 Å². The van der Waals surface area contributed by atoms with Gasteiger partial charge in [0.15, 0.2) is 5.13 Å². The Labute approximate surface area is 90.7 Å². The highest BCUT2D eigenvalue weighted by Crippen LogP contribution is 2.23. The van der Waals surface area contributed by atoms with Gasteiger partial charge >= 0.3 is 0 Å². The van der Waals surface area contributed by atoms with Gasteiger partial charge in [0.2, 0.25) is 10.0 Å². The van der Waals surface area contributed by atoms with Gasteiger partial charge in [0, 0.05) is 0 Å². The molecule has 0 bridgehead atoms. The standard InChI is InChI=1S/C4H4Br2N2O2S2/c5-2-12(9,10)8-4-7-1-3(6)11-4/h1H,2H2,(H,7,8). The van der Waals surface area contributed by atoms with Crippen LogP contribution in [-0.2, 0) is 10.0 Å². The van der Waals surface area contributed by atoms with Crippen LogP contribution in [0.25, 0.3) is 0 Å². The van der Waals surface area contributed by atoms with E-state index in [-0.39, 0.29) is 4.66 Å². The normalized spacial score (nSPS) is 11.5. The number of nitrogens with one attached hydrogen (secondary N) is 1. The monoisotopic (exact) mass is 334 g/mol. The van der Waals surface area contributed by atoms with Crippen molar-refractivity contribution in [1.29, 1.82) is 0 Å². The van der Waals surface area contributed by atoms with Crippen LogP contribution in [-0.4, -0.2) is 18.1 Å². The van der Waals surface area contributed by atoms with E-state index in [1.807, 2.05) is 0 Å². The Morgan fingerprint density at radius 3 is 2.75 bits per heavy atom. The third-order valence-corrected chi connectivity index (χ3v) is 4.98. The molecule has 0 aliphatic rings. The fourth-order valence-corrected chi connectivity index (χ4v) is 2.68. The second-order valence-corrected chi connectivity index (χ2v) is 7.23. The lowest BCUT2D eigenvalue weighted by molar-refractivity contribution is 0.606. The number of hydrogen-bond acceptors (Lipinski definition) is 4. The molecule has 0 saturated carbocycles. The molecule has 0 amide bonds. The molecule has 12 heavy (non-hydrogen) atoms. The molecule has 1 N–H and O–H groups in total. The van der Waals surface area contributed by atoms with Crippen LogP contribution >= 0.6 is 43.2 Å². The lowest BCUT2D eigenvalue weighted by Gasteiger charge is -1.98. The van der Waals surface area contributed by atoms with E-state index in [0.29, 0.717) is 5.13 Å². The summed E-state index contributed by atoms with van der Waals surface area (Å²) in [4.78, 5) is 3.81. The van der Waals surface area contributed by atoms with Gasteiger partial charge in [-0.05, 0) is 15.9 Å². The Kier molecular flexibility index (Phi) is 3.50. The van der Waals surface area contributed by atoms with Crippen LogP contribution in [0.2, 0.25) is 0 Å². The zero-order valence-electron chi connectivity index (χ0n) is 5.62. The third kappa shape index (κ3) is 3.00. The Balaban J connectivity index is 2.77. The second kappa shape index (κ2) is 4.03. The van der Waals surface area contributed by atoms with Gasteiger partial charge < -0.3 is 0 Å². The Morgan fingerprint density at radius 2 is 2.33 bits per heavy atom. The highest BCUT2D eigenvalue weighted by atomic mass is 79.9. The molecule has 1 rings (SSSR count). The predicted octanol–water partition coefficient (Wildman–Crippen LogP) is 2.00. The first-order valence-electron chi connectivity index (χ1n) is 2.71. The van der Waals surface area contributed by atoms with E-state index in [1.54, 1.807) is 0 Å². The SMILES string of the molecule is O=S(=O)(CBr)Nc1ncc(Br)s1. The van der Waals surface area contributed by atoms with Gasteiger partial charge in [0.25, 0.3) is 0 Å². The van der Waals surface area contributed by atoms with Crippen molar-refractivity contribution in [3.63, 3.8) is 0 Å². The molecule has 4 nitrogen and oxygen atoms in total. The van der Waals surface area contributed by atoms with Gasteiger partial charge in [-0.2, -0.15) is 0 Å². The van der Waals surface area contributed by atoms with Gasteiger partial charge in [0.05, 0.1) is 9.98 Å². The minimum Gasteiger partial charge on any atom is -0.258 e. The summed E-state index contributed by atoms with van der Waals surface area (Å²) in [5.41, 5.74) is 0. The number of halogens is 2. The summed E-state index contributed by atoms with van der Waals surface area (Å²) >= 11 is 7.25. The van der Waals surface area contributed by atoms with Crippen LogP contribution in [0.15, 0.2) is 9.98 Å². The van der Waals surface area contributed by atoms with Gasteiger partial charge in [-0.25, -0.2) is 13.4 Å². The molecule has 0 fully saturated rings. The summed E-state index contributed by atoms with van der Waals surface area (Å²) in [6.07, 6.45) is 1.54. The van der Waals surface area contributed by atoms with Crippen molar-refractivity contribution in [3.05, 3.63) is 9.98 Å². The molecule has 0 aliphatic heterocycles. The summed E-state index contributed by atoms with van der Waals surface area (Å²) in [7, 11) is -3.27. The molecule has 0 radical (unpaired) electrons. The number of alkyl halides is 1. The largest absolute Gasteiger partial charge is 0.258 e. The molecular weight excluding hydrogens is 332 g/mol. The predicted molar refractivity (Wildman–Crippen MR) is 56.2 cm³/mol. The molecule has 1 heterocycles. The fraction of sp³-hybridized carbons (Fsp3) is 0.250. The Bertz CT molecular complexity index is 361. The average molecular weight is 336 g/mol. The Morgan fingerprint density at radius 1 is 1.67 bits per heavy atom. The summed E-state index contributed by atoms with van der Waals surface area (Å²) in [6.45, 7) is 0. The number of anilines is 1. The lowest BCUT2D eigenvalue weighted by Crippen LogP contribution is -2.12. The third-order valence-electron chi connectivity index (χ3n) is 0.864. The first kappa shape index (κ1) is 10.4. The minimum atomic E-state index is -3.27. The van der Waals surface area contributed by atoms with Gasteiger partial charge in [-0.3, -0.25) is 4.72 Å². The molecule has 0 aliphatic carbocycles. The zero-order valence-corrected chi connectivity index (χ0v) is 10.4. The molecule has 1 aromatic rings. The van der Waals surface area contributed by atoms with Gasteiger partial charge in [-0.15, -0.1) is 0 Å². The number of hydrogen-bond donors (Lipinski definition) is 1. The van der Waals surface area contributed by atoms with Crippen LogP contribution < -0.4 is 4.72 Å². The zero-order chi connectivity index (χ0) is 9.19. The average Bonchev–Trinajstić information content (AvgIpc) is 2.35. The number of nitrogens with zero attached hydrogens (tertiary/aromatic N) is 1. The topological polar surface area (TPSA) is 59.1 Å². The van der Waals surface area contributed by atoms with Crippen molar-refractivity contribution in [2.75, 3.05) is 9.38 Å². The van der Waals surface area contributed by atoms with Crippen LogP contribution in [0.4, 0.5) is 5.13 Å². The van der Waals surface area contributed by atoms with E-state index in [1.165, 1.54) is 17.5 Å². The maximum absolute atomic E-state index is 11.0. The van der Waals surface area contributed by atoms with Crippen molar-refractivity contribution < 1.29 is 8.42 Å². The van der Waals surface area contributed by atoms with E-state index in [4.69, 9.17) is 0 Å². The van der Waals surface area contributed by atoms with Gasteiger partial charge in [-0.1, -0.05) is 27.3 Å². The van der Waals surface area contributed by atoms with Crippen LogP contribution in [0, 0.1) is 0 Å².